The number of carboxylic acid groups (broad SMARTS) is 2. The van der Waals surface area contributed by atoms with Gasteiger partial charge >= 0.3 is 12.1 Å². The fourth-order valence-corrected chi connectivity index (χ4v) is 2.77. The first-order valence-corrected chi connectivity index (χ1v) is 9.81. The molecule has 32 heavy (non-hydrogen) atoms. The second kappa shape index (κ2) is 11.9. The number of nitrogen functional groups attached to an aromatic ring is 1. The number of aromatic nitrogens is 1. The van der Waals surface area contributed by atoms with E-state index in [4.69, 9.17) is 15.9 Å². The first kappa shape index (κ1) is 24.1. The Morgan fingerprint density at radius 2 is 1.66 bits per heavy atom. The van der Waals surface area contributed by atoms with Gasteiger partial charge in [0.2, 0.25) is 0 Å². The topological polar surface area (TPSA) is 129 Å². The Hall–Kier alpha value is -4.14. The number of hydrogen-bond donors (Lipinski definition) is 4. The summed E-state index contributed by atoms with van der Waals surface area (Å²) >= 11 is 0. The first-order chi connectivity index (χ1) is 15.3. The number of amides is 1. The Bertz CT molecular complexity index is 1030. The zero-order chi connectivity index (χ0) is 23.5. The van der Waals surface area contributed by atoms with Crippen molar-refractivity contribution in [1.29, 1.82) is 0 Å². The summed E-state index contributed by atoms with van der Waals surface area (Å²) in [5, 5.41) is 20.5. The molecule has 0 radical (unpaired) electrons. The molecule has 5 N–H and O–H groups in total. The Kier molecular flexibility index (Phi) is 8.97. The zero-order valence-corrected chi connectivity index (χ0v) is 17.5. The van der Waals surface area contributed by atoms with E-state index in [1.165, 1.54) is 12.1 Å². The van der Waals surface area contributed by atoms with Gasteiger partial charge in [0.15, 0.2) is 0 Å². The highest BCUT2D eigenvalue weighted by atomic mass is 19.1. The lowest BCUT2D eigenvalue weighted by Gasteiger charge is -2.19. The van der Waals surface area contributed by atoms with E-state index in [-0.39, 0.29) is 24.6 Å². The summed E-state index contributed by atoms with van der Waals surface area (Å²) in [6, 6.07) is 18.5. The number of nitrogens with one attached hydrogen (secondary N) is 1. The maximum absolute atomic E-state index is 12.8. The summed E-state index contributed by atoms with van der Waals surface area (Å²) in [5.74, 6) is -0.421. The number of benzene rings is 2. The van der Waals surface area contributed by atoms with Crippen LogP contribution >= 0.6 is 0 Å². The molecular formula is C23H25FN4O4. The number of nitrogens with zero attached hydrogens (tertiary/aromatic N) is 2. The third kappa shape index (κ3) is 7.60. The highest BCUT2D eigenvalue weighted by Crippen LogP contribution is 2.23. The molecule has 1 aromatic heterocycles. The predicted molar refractivity (Wildman–Crippen MR) is 121 cm³/mol. The molecule has 1 heterocycles. The smallest absolute Gasteiger partial charge is 0.411 e. The van der Waals surface area contributed by atoms with Crippen molar-refractivity contribution in [3.63, 3.8) is 0 Å². The van der Waals surface area contributed by atoms with Crippen LogP contribution in [0.3, 0.4) is 0 Å². The van der Waals surface area contributed by atoms with Gasteiger partial charge in [-0.15, -0.1) is 0 Å². The number of carboxylic acids is 1. The minimum absolute atomic E-state index is 0.112. The molecule has 0 saturated carbocycles. The molecule has 9 heteroatoms. The molecule has 0 bridgehead atoms. The average molecular weight is 440 g/mol. The van der Waals surface area contributed by atoms with Crippen molar-refractivity contribution in [2.45, 2.75) is 19.9 Å². The maximum atomic E-state index is 12.8. The Morgan fingerprint density at radius 1 is 1.00 bits per heavy atom. The van der Waals surface area contributed by atoms with Crippen LogP contribution in [0.2, 0.25) is 0 Å². The van der Waals surface area contributed by atoms with Crippen molar-refractivity contribution in [1.82, 2.24) is 4.98 Å². The van der Waals surface area contributed by atoms with Crippen LogP contribution in [0, 0.1) is 5.82 Å². The van der Waals surface area contributed by atoms with Crippen molar-refractivity contribution in [3.05, 3.63) is 83.7 Å². The number of rotatable bonds is 7. The highest BCUT2D eigenvalue weighted by Gasteiger charge is 2.15. The van der Waals surface area contributed by atoms with Crippen LogP contribution in [0.15, 0.2) is 66.7 Å². The van der Waals surface area contributed by atoms with Crippen molar-refractivity contribution < 1.29 is 24.2 Å². The van der Waals surface area contributed by atoms with Gasteiger partial charge in [-0.3, -0.25) is 9.69 Å². The second-order valence-corrected chi connectivity index (χ2v) is 6.66. The molecule has 0 aliphatic rings. The van der Waals surface area contributed by atoms with Crippen LogP contribution in [0.5, 0.6) is 0 Å². The van der Waals surface area contributed by atoms with E-state index in [1.807, 2.05) is 18.2 Å². The molecule has 0 fully saturated rings. The van der Waals surface area contributed by atoms with Crippen molar-refractivity contribution >= 4 is 29.4 Å². The molecule has 2 aromatic carbocycles. The minimum Gasteiger partial charge on any atom is -0.481 e. The largest absolute Gasteiger partial charge is 0.481 e. The molecule has 3 rings (SSSR count). The van der Waals surface area contributed by atoms with Gasteiger partial charge in [-0.05, 0) is 42.3 Å². The van der Waals surface area contributed by atoms with Crippen LogP contribution in [-0.4, -0.2) is 33.8 Å². The van der Waals surface area contributed by atoms with E-state index in [9.17, 15) is 14.0 Å². The first-order valence-electron chi connectivity index (χ1n) is 9.81. The van der Waals surface area contributed by atoms with Crippen LogP contribution in [-0.2, 0) is 17.8 Å². The number of anilines is 3. The summed E-state index contributed by atoms with van der Waals surface area (Å²) in [5.41, 5.74) is 7.91. The molecule has 3 aromatic rings. The van der Waals surface area contributed by atoms with Gasteiger partial charge in [0.25, 0.3) is 0 Å². The van der Waals surface area contributed by atoms with E-state index >= 15 is 0 Å². The summed E-state index contributed by atoms with van der Waals surface area (Å²) in [6.45, 7) is 2.46. The summed E-state index contributed by atoms with van der Waals surface area (Å²) in [4.78, 5) is 26.5. The highest BCUT2D eigenvalue weighted by molar-refractivity contribution is 5.89. The van der Waals surface area contributed by atoms with Crippen LogP contribution in [0.4, 0.5) is 26.5 Å². The van der Waals surface area contributed by atoms with Crippen molar-refractivity contribution in [3.8, 4) is 0 Å². The van der Waals surface area contributed by atoms with Crippen LogP contribution < -0.4 is 16.0 Å². The van der Waals surface area contributed by atoms with Gasteiger partial charge in [0.05, 0.1) is 12.1 Å². The molecule has 8 nitrogen and oxygen atoms in total. The number of hydrogen-bond acceptors (Lipinski definition) is 5. The number of aliphatic carboxylic acids is 1. The normalized spacial score (nSPS) is 9.94. The van der Waals surface area contributed by atoms with E-state index in [1.54, 1.807) is 43.3 Å². The van der Waals surface area contributed by atoms with E-state index in [2.05, 4.69) is 10.3 Å². The zero-order valence-electron chi connectivity index (χ0n) is 17.5. The van der Waals surface area contributed by atoms with Gasteiger partial charge in [0.1, 0.15) is 17.5 Å². The number of pyridine rings is 1. The summed E-state index contributed by atoms with van der Waals surface area (Å²) in [6.07, 6.45) is -0.969. The van der Waals surface area contributed by atoms with E-state index in [0.717, 1.165) is 16.0 Å². The fourth-order valence-electron chi connectivity index (χ4n) is 2.77. The molecule has 0 aliphatic heterocycles. The number of nitrogens with two attached hydrogens (primary N) is 1. The molecule has 0 saturated heterocycles. The Labute approximate surface area is 185 Å². The summed E-state index contributed by atoms with van der Waals surface area (Å²) < 4.78 is 12.8. The lowest BCUT2D eigenvalue weighted by Crippen LogP contribution is -2.29. The molecular weight excluding hydrogens is 415 g/mol. The molecule has 0 spiro atoms. The molecule has 168 valence electrons. The predicted octanol–water partition coefficient (Wildman–Crippen LogP) is 4.23. The standard InChI is InChI=1S/C15H17FN4O2.C8H8O2/c1-2-20(15(21)22)12-7-8-13(19-14(12)17)18-9-10-3-5-11(16)6-4-10;9-8(10)6-7-4-2-1-3-5-7/h3-8H,2,9H2,1H3,(H,21,22)(H3,17,18,19);1-5H,6H2,(H,9,10). The van der Waals surface area contributed by atoms with Crippen LogP contribution in [0.1, 0.15) is 18.1 Å². The lowest BCUT2D eigenvalue weighted by atomic mass is 10.2. The molecule has 0 aliphatic carbocycles. The average Bonchev–Trinajstić information content (AvgIpc) is 2.76. The van der Waals surface area contributed by atoms with Crippen molar-refractivity contribution in [2.75, 3.05) is 22.5 Å². The maximum Gasteiger partial charge on any atom is 0.411 e. The quantitative estimate of drug-likeness (QED) is 0.433. The monoisotopic (exact) mass is 440 g/mol. The molecule has 0 atom stereocenters. The number of halogens is 1. The third-order valence-electron chi connectivity index (χ3n) is 4.33. The molecule has 0 unspecified atom stereocenters. The Balaban J connectivity index is 0.000000303. The van der Waals surface area contributed by atoms with E-state index < -0.39 is 12.1 Å². The van der Waals surface area contributed by atoms with Gasteiger partial charge in [-0.1, -0.05) is 42.5 Å². The third-order valence-corrected chi connectivity index (χ3v) is 4.33. The lowest BCUT2D eigenvalue weighted by molar-refractivity contribution is -0.136. The van der Waals surface area contributed by atoms with Gasteiger partial charge in [-0.2, -0.15) is 0 Å². The van der Waals surface area contributed by atoms with Gasteiger partial charge < -0.3 is 21.3 Å². The van der Waals surface area contributed by atoms with Crippen molar-refractivity contribution in [2.24, 2.45) is 0 Å². The summed E-state index contributed by atoms with van der Waals surface area (Å²) in [7, 11) is 0. The Morgan fingerprint density at radius 3 is 2.19 bits per heavy atom. The van der Waals surface area contributed by atoms with Gasteiger partial charge in [-0.25, -0.2) is 14.2 Å². The number of carbonyl (C=O) groups is 2. The van der Waals surface area contributed by atoms with Gasteiger partial charge in [0, 0.05) is 13.1 Å². The van der Waals surface area contributed by atoms with Crippen LogP contribution in [0.25, 0.3) is 0 Å². The minimum atomic E-state index is -1.08. The SMILES string of the molecule is CCN(C(=O)O)c1ccc(NCc2ccc(F)cc2)nc1N.O=C(O)Cc1ccccc1. The molecule has 1 amide bonds. The second-order valence-electron chi connectivity index (χ2n) is 6.66. The fraction of sp³-hybridized carbons (Fsp3) is 0.174. The van der Waals surface area contributed by atoms with E-state index in [0.29, 0.717) is 18.1 Å².